The lowest BCUT2D eigenvalue weighted by Crippen LogP contribution is -1.80. The van der Waals surface area contributed by atoms with Gasteiger partial charge in [-0.1, -0.05) is 23.4 Å². The highest BCUT2D eigenvalue weighted by atomic mass is 16.5. The van der Waals surface area contributed by atoms with Crippen LogP contribution in [0.5, 0.6) is 0 Å². The summed E-state index contributed by atoms with van der Waals surface area (Å²) >= 11 is 0. The molecule has 0 saturated carbocycles. The Morgan fingerprint density at radius 1 is 1.25 bits per heavy atom. The first-order valence-corrected chi connectivity index (χ1v) is 3.70. The number of rotatable bonds is 1. The zero-order valence-electron chi connectivity index (χ0n) is 6.69. The molecular formula is C9H8N2O. The van der Waals surface area contributed by atoms with Gasteiger partial charge in [0.05, 0.1) is 0 Å². The van der Waals surface area contributed by atoms with Gasteiger partial charge in [0, 0.05) is 5.56 Å². The Morgan fingerprint density at radius 2 is 2.08 bits per heavy atom. The lowest BCUT2D eigenvalue weighted by atomic mass is 10.1. The Labute approximate surface area is 70.0 Å². The van der Waals surface area contributed by atoms with E-state index in [9.17, 15) is 0 Å². The van der Waals surface area contributed by atoms with Crippen LogP contribution in [0.25, 0.3) is 11.5 Å². The maximum atomic E-state index is 4.94. The van der Waals surface area contributed by atoms with Crippen LogP contribution in [0.4, 0.5) is 0 Å². The van der Waals surface area contributed by atoms with Crippen LogP contribution < -0.4 is 0 Å². The first-order valence-electron chi connectivity index (χ1n) is 3.70. The zero-order chi connectivity index (χ0) is 8.39. The maximum Gasteiger partial charge on any atom is 0.257 e. The summed E-state index contributed by atoms with van der Waals surface area (Å²) < 4.78 is 4.94. The highest BCUT2D eigenvalue weighted by Gasteiger charge is 2.04. The Bertz CT molecular complexity index is 368. The molecule has 1 aromatic heterocycles. The smallest absolute Gasteiger partial charge is 0.257 e. The first kappa shape index (κ1) is 7.03. The fourth-order valence-electron chi connectivity index (χ4n) is 1.10. The van der Waals surface area contributed by atoms with E-state index in [1.165, 1.54) is 6.33 Å². The first-order chi connectivity index (χ1) is 5.88. The molecule has 0 saturated heterocycles. The standard InChI is InChI=1S/C9H8N2O/c1-7-4-2-3-5-8(7)9-10-6-11-12-9/h2-6H,1H3. The minimum atomic E-state index is 0.577. The van der Waals surface area contributed by atoms with Gasteiger partial charge in [0.15, 0.2) is 6.33 Å². The molecule has 2 aromatic rings. The summed E-state index contributed by atoms with van der Waals surface area (Å²) in [7, 11) is 0. The highest BCUT2D eigenvalue weighted by molar-refractivity contribution is 5.57. The topological polar surface area (TPSA) is 38.9 Å². The molecule has 0 bridgehead atoms. The fourth-order valence-corrected chi connectivity index (χ4v) is 1.10. The van der Waals surface area contributed by atoms with Gasteiger partial charge in [-0.15, -0.1) is 0 Å². The highest BCUT2D eigenvalue weighted by Crippen LogP contribution is 2.19. The SMILES string of the molecule is Cc1ccccc1-c1ncno1. The van der Waals surface area contributed by atoms with Gasteiger partial charge in [-0.2, -0.15) is 4.98 Å². The van der Waals surface area contributed by atoms with Crippen molar-refractivity contribution >= 4 is 0 Å². The van der Waals surface area contributed by atoms with Crippen molar-refractivity contribution in [2.24, 2.45) is 0 Å². The summed E-state index contributed by atoms with van der Waals surface area (Å²) in [5.41, 5.74) is 2.14. The van der Waals surface area contributed by atoms with Crippen LogP contribution >= 0.6 is 0 Å². The molecule has 12 heavy (non-hydrogen) atoms. The van der Waals surface area contributed by atoms with Gasteiger partial charge in [0.25, 0.3) is 5.89 Å². The lowest BCUT2D eigenvalue weighted by Gasteiger charge is -1.97. The van der Waals surface area contributed by atoms with E-state index in [0.717, 1.165) is 11.1 Å². The summed E-state index contributed by atoms with van der Waals surface area (Å²) in [6.07, 6.45) is 1.40. The van der Waals surface area contributed by atoms with E-state index in [0.29, 0.717) is 5.89 Å². The van der Waals surface area contributed by atoms with Crippen molar-refractivity contribution in [3.05, 3.63) is 36.2 Å². The number of aromatic nitrogens is 2. The molecule has 0 unspecified atom stereocenters. The summed E-state index contributed by atoms with van der Waals surface area (Å²) in [6, 6.07) is 7.91. The van der Waals surface area contributed by atoms with E-state index in [2.05, 4.69) is 10.1 Å². The van der Waals surface area contributed by atoms with Crippen molar-refractivity contribution in [2.45, 2.75) is 6.92 Å². The monoisotopic (exact) mass is 160 g/mol. The second kappa shape index (κ2) is 2.77. The molecule has 60 valence electrons. The van der Waals surface area contributed by atoms with Gasteiger partial charge in [0.1, 0.15) is 0 Å². The van der Waals surface area contributed by atoms with Crippen LogP contribution in [-0.2, 0) is 0 Å². The maximum absolute atomic E-state index is 4.94. The van der Waals surface area contributed by atoms with E-state index in [4.69, 9.17) is 4.52 Å². The fraction of sp³-hybridized carbons (Fsp3) is 0.111. The summed E-state index contributed by atoms with van der Waals surface area (Å²) in [5, 5.41) is 3.55. The molecule has 0 aliphatic heterocycles. The summed E-state index contributed by atoms with van der Waals surface area (Å²) in [4.78, 5) is 3.97. The van der Waals surface area contributed by atoms with Crippen LogP contribution in [-0.4, -0.2) is 10.1 Å². The van der Waals surface area contributed by atoms with E-state index in [1.54, 1.807) is 0 Å². The number of nitrogens with zero attached hydrogens (tertiary/aromatic N) is 2. The number of benzene rings is 1. The molecule has 0 radical (unpaired) electrons. The quantitative estimate of drug-likeness (QED) is 0.640. The predicted molar refractivity (Wildman–Crippen MR) is 44.5 cm³/mol. The minimum absolute atomic E-state index is 0.577. The molecule has 0 spiro atoms. The molecule has 3 nitrogen and oxygen atoms in total. The second-order valence-corrected chi connectivity index (χ2v) is 2.56. The van der Waals surface area contributed by atoms with Crippen molar-refractivity contribution in [2.75, 3.05) is 0 Å². The van der Waals surface area contributed by atoms with E-state index in [-0.39, 0.29) is 0 Å². The third-order valence-corrected chi connectivity index (χ3v) is 1.74. The van der Waals surface area contributed by atoms with Crippen LogP contribution in [0.1, 0.15) is 5.56 Å². The molecule has 2 rings (SSSR count). The second-order valence-electron chi connectivity index (χ2n) is 2.56. The largest absolute Gasteiger partial charge is 0.334 e. The van der Waals surface area contributed by atoms with Gasteiger partial charge >= 0.3 is 0 Å². The Kier molecular flexibility index (Phi) is 1.63. The Morgan fingerprint density at radius 3 is 2.75 bits per heavy atom. The van der Waals surface area contributed by atoms with E-state index >= 15 is 0 Å². The average Bonchev–Trinajstić information content (AvgIpc) is 2.57. The molecule has 3 heteroatoms. The zero-order valence-corrected chi connectivity index (χ0v) is 6.69. The molecule has 0 fully saturated rings. The van der Waals surface area contributed by atoms with Crippen molar-refractivity contribution < 1.29 is 4.52 Å². The van der Waals surface area contributed by atoms with Gasteiger partial charge in [-0.3, -0.25) is 0 Å². The van der Waals surface area contributed by atoms with Crippen molar-refractivity contribution in [1.29, 1.82) is 0 Å². The van der Waals surface area contributed by atoms with Crippen molar-refractivity contribution in [1.82, 2.24) is 10.1 Å². The normalized spacial score (nSPS) is 10.1. The van der Waals surface area contributed by atoms with Crippen molar-refractivity contribution in [3.63, 3.8) is 0 Å². The molecule has 0 N–H and O–H groups in total. The summed E-state index contributed by atoms with van der Waals surface area (Å²) in [5.74, 6) is 0.577. The van der Waals surface area contributed by atoms with Gasteiger partial charge in [-0.05, 0) is 18.6 Å². The molecule has 1 aromatic carbocycles. The molecule has 0 aliphatic carbocycles. The van der Waals surface area contributed by atoms with E-state index < -0.39 is 0 Å². The third-order valence-electron chi connectivity index (χ3n) is 1.74. The van der Waals surface area contributed by atoms with Crippen LogP contribution in [0.3, 0.4) is 0 Å². The van der Waals surface area contributed by atoms with Gasteiger partial charge in [-0.25, -0.2) is 0 Å². The number of aryl methyl sites for hydroxylation is 1. The third kappa shape index (κ3) is 1.09. The minimum Gasteiger partial charge on any atom is -0.334 e. The molecule has 0 atom stereocenters. The molecule has 0 amide bonds. The number of hydrogen-bond donors (Lipinski definition) is 0. The molecule has 1 heterocycles. The van der Waals surface area contributed by atoms with Crippen molar-refractivity contribution in [3.8, 4) is 11.5 Å². The Hall–Kier alpha value is -1.64. The number of hydrogen-bond acceptors (Lipinski definition) is 3. The van der Waals surface area contributed by atoms with Gasteiger partial charge in [0.2, 0.25) is 0 Å². The van der Waals surface area contributed by atoms with E-state index in [1.807, 2.05) is 31.2 Å². The molecular weight excluding hydrogens is 152 g/mol. The van der Waals surface area contributed by atoms with Crippen LogP contribution in [0, 0.1) is 6.92 Å². The van der Waals surface area contributed by atoms with Gasteiger partial charge < -0.3 is 4.52 Å². The predicted octanol–water partition coefficient (Wildman–Crippen LogP) is 2.05. The summed E-state index contributed by atoms with van der Waals surface area (Å²) in [6.45, 7) is 2.01. The van der Waals surface area contributed by atoms with Crippen LogP contribution in [0.2, 0.25) is 0 Å². The Balaban J connectivity index is 2.55. The lowest BCUT2D eigenvalue weighted by molar-refractivity contribution is 0.430. The average molecular weight is 160 g/mol. The molecule has 0 aliphatic rings. The van der Waals surface area contributed by atoms with Crippen LogP contribution in [0.15, 0.2) is 35.1 Å².